The maximum atomic E-state index is 11.4. The Kier molecular flexibility index (Phi) is 3.63. The first-order chi connectivity index (χ1) is 8.22. The molecule has 2 unspecified atom stereocenters. The summed E-state index contributed by atoms with van der Waals surface area (Å²) in [4.78, 5) is 18.0. The molecule has 1 aliphatic carbocycles. The number of nitrogens with one attached hydrogen (secondary N) is 2. The Hall–Kier alpha value is -1.56. The van der Waals surface area contributed by atoms with Crippen LogP contribution in [-0.4, -0.2) is 29.7 Å². The lowest BCUT2D eigenvalue weighted by Crippen LogP contribution is -2.30. The standard InChI is InChI=1S/C11H18N4O2/c1-17-9-10(14-6-15-11(9)16)13-5-7-3-2-4-8(7)12/h6-8H,2-5,12H2,1H3,(H2,13,14,15,16). The number of H-pyrrole nitrogens is 1. The molecule has 1 fully saturated rings. The lowest BCUT2D eigenvalue weighted by Gasteiger charge is -2.16. The van der Waals surface area contributed by atoms with Gasteiger partial charge in [0.05, 0.1) is 13.4 Å². The van der Waals surface area contributed by atoms with Crippen molar-refractivity contribution < 1.29 is 4.74 Å². The van der Waals surface area contributed by atoms with E-state index in [0.29, 0.717) is 11.7 Å². The number of nitrogens with two attached hydrogens (primary N) is 1. The Morgan fingerprint density at radius 2 is 2.47 bits per heavy atom. The molecule has 1 heterocycles. The molecule has 94 valence electrons. The topological polar surface area (TPSA) is 93.0 Å². The fraction of sp³-hybridized carbons (Fsp3) is 0.636. The summed E-state index contributed by atoms with van der Waals surface area (Å²) in [5.74, 6) is 1.15. The number of anilines is 1. The van der Waals surface area contributed by atoms with Crippen LogP contribution in [0.4, 0.5) is 5.82 Å². The largest absolute Gasteiger partial charge is 0.489 e. The lowest BCUT2D eigenvalue weighted by molar-refractivity contribution is 0.407. The van der Waals surface area contributed by atoms with Crippen molar-refractivity contribution in [2.45, 2.75) is 25.3 Å². The molecule has 0 aromatic carbocycles. The molecular formula is C11H18N4O2. The molecule has 1 saturated carbocycles. The van der Waals surface area contributed by atoms with Crippen LogP contribution in [-0.2, 0) is 0 Å². The lowest BCUT2D eigenvalue weighted by atomic mass is 10.1. The number of hydrogen-bond acceptors (Lipinski definition) is 5. The van der Waals surface area contributed by atoms with Crippen molar-refractivity contribution in [3.05, 3.63) is 16.7 Å². The first-order valence-corrected chi connectivity index (χ1v) is 5.83. The predicted octanol–water partition coefficient (Wildman–Crippen LogP) is 0.318. The second-order valence-corrected chi connectivity index (χ2v) is 4.35. The molecule has 6 heteroatoms. The van der Waals surface area contributed by atoms with Gasteiger partial charge in [0, 0.05) is 12.6 Å². The summed E-state index contributed by atoms with van der Waals surface area (Å²) in [6, 6.07) is 0.246. The van der Waals surface area contributed by atoms with Crippen molar-refractivity contribution in [3.8, 4) is 5.75 Å². The summed E-state index contributed by atoms with van der Waals surface area (Å²) in [6.07, 6.45) is 4.74. The zero-order chi connectivity index (χ0) is 12.3. The van der Waals surface area contributed by atoms with Crippen molar-refractivity contribution in [3.63, 3.8) is 0 Å². The molecule has 0 spiro atoms. The minimum atomic E-state index is -0.277. The minimum absolute atomic E-state index is 0.221. The normalized spacial score (nSPS) is 23.6. The Labute approximate surface area is 99.6 Å². The molecule has 4 N–H and O–H groups in total. The highest BCUT2D eigenvalue weighted by atomic mass is 16.5. The van der Waals surface area contributed by atoms with Gasteiger partial charge in [-0.2, -0.15) is 0 Å². The van der Waals surface area contributed by atoms with Gasteiger partial charge < -0.3 is 20.8 Å². The van der Waals surface area contributed by atoms with Gasteiger partial charge in [0.2, 0.25) is 5.75 Å². The van der Waals surface area contributed by atoms with Gasteiger partial charge in [-0.3, -0.25) is 4.79 Å². The number of ether oxygens (including phenoxy) is 1. The van der Waals surface area contributed by atoms with E-state index in [-0.39, 0.29) is 17.4 Å². The van der Waals surface area contributed by atoms with Crippen molar-refractivity contribution >= 4 is 5.82 Å². The van der Waals surface area contributed by atoms with E-state index in [4.69, 9.17) is 10.5 Å². The first kappa shape index (κ1) is 11.9. The smallest absolute Gasteiger partial charge is 0.295 e. The van der Waals surface area contributed by atoms with E-state index in [1.165, 1.54) is 19.9 Å². The molecule has 0 bridgehead atoms. The molecule has 0 aliphatic heterocycles. The van der Waals surface area contributed by atoms with Crippen molar-refractivity contribution in [1.29, 1.82) is 0 Å². The number of methoxy groups -OCH3 is 1. The number of aromatic amines is 1. The molecular weight excluding hydrogens is 220 g/mol. The van der Waals surface area contributed by atoms with Crippen LogP contribution in [0.5, 0.6) is 5.75 Å². The van der Waals surface area contributed by atoms with Gasteiger partial charge in [-0.25, -0.2) is 4.98 Å². The van der Waals surface area contributed by atoms with Gasteiger partial charge in [-0.15, -0.1) is 0 Å². The maximum Gasteiger partial charge on any atom is 0.295 e. The molecule has 0 radical (unpaired) electrons. The molecule has 2 rings (SSSR count). The van der Waals surface area contributed by atoms with Crippen LogP contribution < -0.4 is 21.3 Å². The predicted molar refractivity (Wildman–Crippen MR) is 65.2 cm³/mol. The van der Waals surface area contributed by atoms with Crippen LogP contribution in [0.2, 0.25) is 0 Å². The average molecular weight is 238 g/mol. The van der Waals surface area contributed by atoms with E-state index in [9.17, 15) is 4.79 Å². The molecule has 0 saturated heterocycles. The third-order valence-electron chi connectivity index (χ3n) is 3.26. The molecule has 17 heavy (non-hydrogen) atoms. The fourth-order valence-corrected chi connectivity index (χ4v) is 2.25. The number of nitrogens with zero attached hydrogens (tertiary/aromatic N) is 1. The molecule has 0 amide bonds. The maximum absolute atomic E-state index is 11.4. The van der Waals surface area contributed by atoms with Gasteiger partial charge in [-0.1, -0.05) is 6.42 Å². The summed E-state index contributed by atoms with van der Waals surface area (Å²) in [6.45, 7) is 0.730. The van der Waals surface area contributed by atoms with Gasteiger partial charge in [-0.05, 0) is 18.8 Å². The average Bonchev–Trinajstić information content (AvgIpc) is 2.72. The van der Waals surface area contributed by atoms with E-state index in [0.717, 1.165) is 19.4 Å². The molecule has 1 aliphatic rings. The molecule has 2 atom stereocenters. The fourth-order valence-electron chi connectivity index (χ4n) is 2.25. The van der Waals surface area contributed by atoms with Crippen LogP contribution in [0.25, 0.3) is 0 Å². The van der Waals surface area contributed by atoms with Gasteiger partial charge in [0.1, 0.15) is 0 Å². The monoisotopic (exact) mass is 238 g/mol. The quantitative estimate of drug-likeness (QED) is 0.702. The van der Waals surface area contributed by atoms with Crippen molar-refractivity contribution in [2.24, 2.45) is 11.7 Å². The highest BCUT2D eigenvalue weighted by Crippen LogP contribution is 2.25. The zero-order valence-corrected chi connectivity index (χ0v) is 9.90. The summed E-state index contributed by atoms with van der Waals surface area (Å²) in [5, 5.41) is 3.14. The summed E-state index contributed by atoms with van der Waals surface area (Å²) in [5.41, 5.74) is 5.71. The molecule has 1 aromatic heterocycles. The van der Waals surface area contributed by atoms with Crippen LogP contribution in [0.15, 0.2) is 11.1 Å². The third kappa shape index (κ3) is 2.58. The Balaban J connectivity index is 2.03. The molecule has 1 aromatic rings. The van der Waals surface area contributed by atoms with E-state index >= 15 is 0 Å². The van der Waals surface area contributed by atoms with E-state index in [1.807, 2.05) is 0 Å². The SMILES string of the molecule is COc1c(NCC2CCCC2N)nc[nH]c1=O. The van der Waals surface area contributed by atoms with E-state index in [1.54, 1.807) is 0 Å². The number of hydrogen-bond donors (Lipinski definition) is 3. The van der Waals surface area contributed by atoms with Crippen LogP contribution in [0.1, 0.15) is 19.3 Å². The Morgan fingerprint density at radius 3 is 3.12 bits per heavy atom. The summed E-state index contributed by atoms with van der Waals surface area (Å²) >= 11 is 0. The molecule has 6 nitrogen and oxygen atoms in total. The highest BCUT2D eigenvalue weighted by Gasteiger charge is 2.24. The van der Waals surface area contributed by atoms with Gasteiger partial charge in [0.15, 0.2) is 5.82 Å². The first-order valence-electron chi connectivity index (χ1n) is 5.83. The van der Waals surface area contributed by atoms with Crippen LogP contribution in [0.3, 0.4) is 0 Å². The summed E-state index contributed by atoms with van der Waals surface area (Å²) in [7, 11) is 1.46. The van der Waals surface area contributed by atoms with Crippen LogP contribution >= 0.6 is 0 Å². The second kappa shape index (κ2) is 5.18. The minimum Gasteiger partial charge on any atom is -0.489 e. The van der Waals surface area contributed by atoms with E-state index < -0.39 is 0 Å². The van der Waals surface area contributed by atoms with Crippen molar-refractivity contribution in [1.82, 2.24) is 9.97 Å². The highest BCUT2D eigenvalue weighted by molar-refractivity contribution is 5.47. The third-order valence-corrected chi connectivity index (χ3v) is 3.26. The number of aromatic nitrogens is 2. The Morgan fingerprint density at radius 1 is 1.65 bits per heavy atom. The second-order valence-electron chi connectivity index (χ2n) is 4.35. The van der Waals surface area contributed by atoms with E-state index in [2.05, 4.69) is 15.3 Å². The van der Waals surface area contributed by atoms with Crippen molar-refractivity contribution in [2.75, 3.05) is 19.0 Å². The number of rotatable bonds is 4. The van der Waals surface area contributed by atoms with Gasteiger partial charge in [0.25, 0.3) is 5.56 Å². The Bertz CT molecular complexity index is 432. The zero-order valence-electron chi connectivity index (χ0n) is 9.90. The van der Waals surface area contributed by atoms with Gasteiger partial charge >= 0.3 is 0 Å². The summed E-state index contributed by atoms with van der Waals surface area (Å²) < 4.78 is 5.02. The van der Waals surface area contributed by atoms with Crippen LogP contribution in [0, 0.1) is 5.92 Å².